The lowest BCUT2D eigenvalue weighted by Crippen LogP contribution is -2.18. The van der Waals surface area contributed by atoms with Gasteiger partial charge in [0.1, 0.15) is 6.20 Å². The van der Waals surface area contributed by atoms with Gasteiger partial charge in [0, 0.05) is 0 Å². The number of rotatable bonds is 6. The SMILES string of the molecule is CCCOc1cc(/C=N\n2c(=O)cn[nH]c2=S)ccc1OC. The van der Waals surface area contributed by atoms with Crippen LogP contribution in [0.3, 0.4) is 0 Å². The highest BCUT2D eigenvalue weighted by Crippen LogP contribution is 2.27. The standard InChI is InChI=1S/C14H16N4O3S/c1-3-6-21-12-7-10(4-5-11(12)20-2)8-16-18-13(19)9-15-17-14(18)22/h4-5,7-9H,3,6H2,1-2H3,(H,17,22)/b16-8-. The second-order valence-corrected chi connectivity index (χ2v) is 4.72. The second kappa shape index (κ2) is 7.51. The Kier molecular flexibility index (Phi) is 5.42. The first-order valence-electron chi connectivity index (χ1n) is 6.67. The number of nitrogens with zero attached hydrogens (tertiary/aromatic N) is 3. The normalized spacial score (nSPS) is 10.8. The molecule has 22 heavy (non-hydrogen) atoms. The van der Waals surface area contributed by atoms with E-state index in [1.807, 2.05) is 6.92 Å². The van der Waals surface area contributed by atoms with Crippen LogP contribution in [0.4, 0.5) is 0 Å². The van der Waals surface area contributed by atoms with E-state index in [9.17, 15) is 4.79 Å². The third-order valence-corrected chi connectivity index (χ3v) is 2.97. The highest BCUT2D eigenvalue weighted by atomic mass is 32.1. The summed E-state index contributed by atoms with van der Waals surface area (Å²) < 4.78 is 12.0. The number of hydrogen-bond donors (Lipinski definition) is 1. The van der Waals surface area contributed by atoms with Crippen molar-refractivity contribution < 1.29 is 9.47 Å². The van der Waals surface area contributed by atoms with Gasteiger partial charge in [-0.3, -0.25) is 9.89 Å². The number of aromatic nitrogens is 3. The maximum Gasteiger partial charge on any atom is 0.293 e. The largest absolute Gasteiger partial charge is 0.493 e. The van der Waals surface area contributed by atoms with Gasteiger partial charge in [0.2, 0.25) is 4.77 Å². The van der Waals surface area contributed by atoms with Gasteiger partial charge < -0.3 is 9.47 Å². The van der Waals surface area contributed by atoms with E-state index in [1.54, 1.807) is 25.3 Å². The van der Waals surface area contributed by atoms with Gasteiger partial charge in [-0.25, -0.2) is 0 Å². The number of aromatic amines is 1. The van der Waals surface area contributed by atoms with Crippen LogP contribution in [0.25, 0.3) is 0 Å². The van der Waals surface area contributed by atoms with Gasteiger partial charge in [0.15, 0.2) is 11.5 Å². The van der Waals surface area contributed by atoms with E-state index in [4.69, 9.17) is 21.7 Å². The summed E-state index contributed by atoms with van der Waals surface area (Å²) in [6, 6.07) is 5.37. The van der Waals surface area contributed by atoms with Crippen molar-refractivity contribution in [3.8, 4) is 11.5 Å². The Balaban J connectivity index is 2.31. The van der Waals surface area contributed by atoms with E-state index in [1.165, 1.54) is 6.21 Å². The van der Waals surface area contributed by atoms with E-state index in [0.29, 0.717) is 18.1 Å². The highest BCUT2D eigenvalue weighted by molar-refractivity contribution is 7.71. The van der Waals surface area contributed by atoms with Crippen molar-refractivity contribution in [2.75, 3.05) is 13.7 Å². The molecule has 1 aromatic carbocycles. The van der Waals surface area contributed by atoms with Crippen LogP contribution in [0.5, 0.6) is 11.5 Å². The van der Waals surface area contributed by atoms with Gasteiger partial charge in [0.05, 0.1) is 19.9 Å². The fourth-order valence-electron chi connectivity index (χ4n) is 1.68. The number of H-pyrrole nitrogens is 1. The molecule has 1 N–H and O–H groups in total. The van der Waals surface area contributed by atoms with Crippen molar-refractivity contribution in [2.45, 2.75) is 13.3 Å². The monoisotopic (exact) mass is 320 g/mol. The van der Waals surface area contributed by atoms with Crippen LogP contribution in [0.15, 0.2) is 34.3 Å². The summed E-state index contributed by atoms with van der Waals surface area (Å²) in [4.78, 5) is 11.6. The number of benzene rings is 1. The highest BCUT2D eigenvalue weighted by Gasteiger charge is 2.05. The molecule has 0 fully saturated rings. The average molecular weight is 320 g/mol. The maximum absolute atomic E-state index is 11.6. The summed E-state index contributed by atoms with van der Waals surface area (Å²) in [5, 5.41) is 10.2. The van der Waals surface area contributed by atoms with Gasteiger partial charge in [-0.1, -0.05) is 6.92 Å². The van der Waals surface area contributed by atoms with Crippen LogP contribution in [-0.4, -0.2) is 34.8 Å². The van der Waals surface area contributed by atoms with Gasteiger partial charge >= 0.3 is 0 Å². The molecule has 0 aliphatic carbocycles. The molecule has 0 unspecified atom stereocenters. The molecular formula is C14H16N4O3S. The molecule has 0 atom stereocenters. The molecule has 2 rings (SSSR count). The molecule has 0 amide bonds. The van der Waals surface area contributed by atoms with E-state index >= 15 is 0 Å². The molecule has 0 aliphatic rings. The van der Waals surface area contributed by atoms with Crippen LogP contribution in [0.1, 0.15) is 18.9 Å². The van der Waals surface area contributed by atoms with Crippen molar-refractivity contribution in [3.63, 3.8) is 0 Å². The molecule has 0 bridgehead atoms. The fourth-order valence-corrected chi connectivity index (χ4v) is 1.87. The third kappa shape index (κ3) is 3.79. The van der Waals surface area contributed by atoms with Crippen LogP contribution in [0, 0.1) is 4.77 Å². The van der Waals surface area contributed by atoms with Gasteiger partial charge in [-0.2, -0.15) is 14.9 Å². The molecule has 116 valence electrons. The Labute approximate surface area is 132 Å². The maximum atomic E-state index is 11.6. The van der Waals surface area contributed by atoms with Crippen LogP contribution >= 0.6 is 12.2 Å². The first-order valence-corrected chi connectivity index (χ1v) is 7.08. The minimum Gasteiger partial charge on any atom is -0.493 e. The predicted octanol–water partition coefficient (Wildman–Crippen LogP) is 1.98. The summed E-state index contributed by atoms with van der Waals surface area (Å²) >= 11 is 4.96. The van der Waals surface area contributed by atoms with Gasteiger partial charge in [-0.15, -0.1) is 0 Å². The van der Waals surface area contributed by atoms with Crippen molar-refractivity contribution in [2.24, 2.45) is 5.10 Å². The summed E-state index contributed by atoms with van der Waals surface area (Å²) in [6.07, 6.45) is 3.52. The zero-order chi connectivity index (χ0) is 15.9. The molecule has 8 heteroatoms. The van der Waals surface area contributed by atoms with Crippen LogP contribution in [0.2, 0.25) is 0 Å². The first-order chi connectivity index (χ1) is 10.7. The average Bonchev–Trinajstić information content (AvgIpc) is 2.52. The van der Waals surface area contributed by atoms with Gasteiger partial charge in [-0.05, 0) is 42.4 Å². The van der Waals surface area contributed by atoms with Gasteiger partial charge in [0.25, 0.3) is 5.56 Å². The minimum atomic E-state index is -0.407. The Morgan fingerprint density at radius 1 is 1.45 bits per heavy atom. The number of methoxy groups -OCH3 is 1. The molecule has 2 aromatic rings. The fraction of sp³-hybridized carbons (Fsp3) is 0.286. The van der Waals surface area contributed by atoms with Crippen molar-refractivity contribution in [3.05, 3.63) is 45.1 Å². The lowest BCUT2D eigenvalue weighted by atomic mass is 10.2. The zero-order valence-electron chi connectivity index (χ0n) is 12.3. The van der Waals surface area contributed by atoms with E-state index in [2.05, 4.69) is 15.3 Å². The Morgan fingerprint density at radius 2 is 2.27 bits per heavy atom. The Hall–Kier alpha value is -2.48. The first kappa shape index (κ1) is 15.9. The lowest BCUT2D eigenvalue weighted by molar-refractivity contribution is 0.294. The molecular weight excluding hydrogens is 304 g/mol. The molecule has 7 nitrogen and oxygen atoms in total. The predicted molar refractivity (Wildman–Crippen MR) is 85.5 cm³/mol. The molecule has 1 aromatic heterocycles. The number of hydrogen-bond acceptors (Lipinski definition) is 6. The smallest absolute Gasteiger partial charge is 0.293 e. The summed E-state index contributed by atoms with van der Waals surface area (Å²) in [7, 11) is 1.58. The van der Waals surface area contributed by atoms with Crippen molar-refractivity contribution in [1.82, 2.24) is 14.9 Å². The van der Waals surface area contributed by atoms with E-state index < -0.39 is 5.56 Å². The van der Waals surface area contributed by atoms with E-state index in [-0.39, 0.29) is 4.77 Å². The minimum absolute atomic E-state index is 0.125. The Morgan fingerprint density at radius 3 is 2.95 bits per heavy atom. The lowest BCUT2D eigenvalue weighted by Gasteiger charge is -2.10. The quantitative estimate of drug-likeness (QED) is 0.650. The number of ether oxygens (including phenoxy) is 2. The molecule has 0 radical (unpaired) electrons. The third-order valence-electron chi connectivity index (χ3n) is 2.71. The Bertz CT molecular complexity index is 754. The number of nitrogens with one attached hydrogen (secondary N) is 1. The van der Waals surface area contributed by atoms with E-state index in [0.717, 1.165) is 22.9 Å². The molecule has 1 heterocycles. The summed E-state index contributed by atoms with van der Waals surface area (Å²) in [6.45, 7) is 2.61. The van der Waals surface area contributed by atoms with Crippen LogP contribution < -0.4 is 15.0 Å². The second-order valence-electron chi connectivity index (χ2n) is 4.33. The van der Waals surface area contributed by atoms with Crippen LogP contribution in [-0.2, 0) is 0 Å². The summed E-state index contributed by atoms with van der Waals surface area (Å²) in [5.74, 6) is 1.27. The molecule has 0 spiro atoms. The van der Waals surface area contributed by atoms with Crippen molar-refractivity contribution >= 4 is 18.4 Å². The zero-order valence-corrected chi connectivity index (χ0v) is 13.1. The molecule has 0 saturated carbocycles. The summed E-state index contributed by atoms with van der Waals surface area (Å²) in [5.41, 5.74) is 0.348. The molecule has 0 saturated heterocycles. The van der Waals surface area contributed by atoms with Crippen molar-refractivity contribution in [1.29, 1.82) is 0 Å². The molecule has 0 aliphatic heterocycles. The topological polar surface area (TPSA) is 81.5 Å².